The first-order chi connectivity index (χ1) is 13.4. The molecule has 2 heterocycles. The van der Waals surface area contributed by atoms with Gasteiger partial charge in [-0.3, -0.25) is 4.79 Å². The Morgan fingerprint density at radius 1 is 1.11 bits per heavy atom. The number of imidazole rings is 1. The van der Waals surface area contributed by atoms with E-state index in [0.29, 0.717) is 28.1 Å². The molecule has 0 aliphatic rings. The lowest BCUT2D eigenvalue weighted by molar-refractivity contribution is -0.137. The molecule has 138 valence electrons. The zero-order valence-electron chi connectivity index (χ0n) is 14.1. The van der Waals surface area contributed by atoms with E-state index in [1.807, 2.05) is 6.07 Å². The molecule has 0 spiro atoms. The maximum absolute atomic E-state index is 13.2. The van der Waals surface area contributed by atoms with Gasteiger partial charge in [0.15, 0.2) is 11.6 Å². The average molecular weight is 380 g/mol. The monoisotopic (exact) mass is 380 g/mol. The molecule has 5 nitrogen and oxygen atoms in total. The topological polar surface area (TPSA) is 85.3 Å². The van der Waals surface area contributed by atoms with Gasteiger partial charge in [-0.15, -0.1) is 0 Å². The Bertz CT molecular complexity index is 1240. The number of hydrogen-bond acceptors (Lipinski definition) is 3. The summed E-state index contributed by atoms with van der Waals surface area (Å²) in [7, 11) is 0. The standard InChI is InChI=1S/C20H11F3N4O/c21-20(22,23)14-4-2-1-3-13(14)18(28)12-8-17(25-10-12)19-26-15-6-5-11(9-24)7-16(15)27-19/h1-8,10,25H,(H,26,27). The Kier molecular flexibility index (Phi) is 4.00. The molecule has 0 atom stereocenters. The highest BCUT2D eigenvalue weighted by Gasteiger charge is 2.35. The molecule has 4 aromatic rings. The van der Waals surface area contributed by atoms with Crippen LogP contribution in [0.3, 0.4) is 0 Å². The molecule has 28 heavy (non-hydrogen) atoms. The number of carbonyl (C=O) groups is 1. The summed E-state index contributed by atoms with van der Waals surface area (Å²) in [4.78, 5) is 22.9. The first-order valence-corrected chi connectivity index (χ1v) is 8.16. The summed E-state index contributed by atoms with van der Waals surface area (Å²) in [6.45, 7) is 0. The Labute approximate surface area is 156 Å². The second kappa shape index (κ2) is 6.39. The molecule has 0 unspecified atom stereocenters. The summed E-state index contributed by atoms with van der Waals surface area (Å²) < 4.78 is 39.5. The Balaban J connectivity index is 1.71. The second-order valence-corrected chi connectivity index (χ2v) is 6.10. The van der Waals surface area contributed by atoms with E-state index in [1.54, 1.807) is 18.2 Å². The third-order valence-electron chi connectivity index (χ3n) is 4.29. The van der Waals surface area contributed by atoms with Gasteiger partial charge in [0, 0.05) is 17.3 Å². The fourth-order valence-electron chi connectivity index (χ4n) is 2.95. The minimum atomic E-state index is -4.62. The SMILES string of the molecule is N#Cc1ccc2nc(-c3cc(C(=O)c4ccccc4C(F)(F)F)c[nH]3)[nH]c2c1. The number of carbonyl (C=O) groups excluding carboxylic acids is 1. The van der Waals surface area contributed by atoms with Crippen LogP contribution in [0.4, 0.5) is 13.2 Å². The van der Waals surface area contributed by atoms with Gasteiger partial charge in [-0.05, 0) is 30.3 Å². The smallest absolute Gasteiger partial charge is 0.358 e. The zero-order valence-corrected chi connectivity index (χ0v) is 14.1. The zero-order chi connectivity index (χ0) is 19.9. The van der Waals surface area contributed by atoms with Crippen molar-refractivity contribution in [3.05, 3.63) is 77.0 Å². The summed E-state index contributed by atoms with van der Waals surface area (Å²) >= 11 is 0. The molecule has 0 fully saturated rings. The third-order valence-corrected chi connectivity index (χ3v) is 4.29. The molecular formula is C20H11F3N4O. The number of nitriles is 1. The minimum Gasteiger partial charge on any atom is -0.358 e. The van der Waals surface area contributed by atoms with E-state index < -0.39 is 23.1 Å². The van der Waals surface area contributed by atoms with Crippen LogP contribution in [0.25, 0.3) is 22.6 Å². The highest BCUT2D eigenvalue weighted by atomic mass is 19.4. The van der Waals surface area contributed by atoms with E-state index in [2.05, 4.69) is 15.0 Å². The van der Waals surface area contributed by atoms with Crippen molar-refractivity contribution in [1.82, 2.24) is 15.0 Å². The minimum absolute atomic E-state index is 0.0878. The number of halogens is 3. The van der Waals surface area contributed by atoms with Crippen molar-refractivity contribution in [2.75, 3.05) is 0 Å². The highest BCUT2D eigenvalue weighted by molar-refractivity contribution is 6.10. The fraction of sp³-hybridized carbons (Fsp3) is 0.0500. The molecule has 4 rings (SSSR count). The number of fused-ring (bicyclic) bond motifs is 1. The largest absolute Gasteiger partial charge is 0.417 e. The van der Waals surface area contributed by atoms with Crippen LogP contribution in [-0.2, 0) is 6.18 Å². The van der Waals surface area contributed by atoms with Gasteiger partial charge in [0.05, 0.1) is 33.9 Å². The van der Waals surface area contributed by atoms with Crippen molar-refractivity contribution in [2.45, 2.75) is 6.18 Å². The Morgan fingerprint density at radius 3 is 2.64 bits per heavy atom. The molecular weight excluding hydrogens is 369 g/mol. The quantitative estimate of drug-likeness (QED) is 0.506. The van der Waals surface area contributed by atoms with Crippen LogP contribution in [-0.4, -0.2) is 20.7 Å². The van der Waals surface area contributed by atoms with Crippen LogP contribution in [0.2, 0.25) is 0 Å². The molecule has 0 aliphatic heterocycles. The number of nitrogens with one attached hydrogen (secondary N) is 2. The summed E-state index contributed by atoms with van der Waals surface area (Å²) in [6, 6.07) is 13.1. The van der Waals surface area contributed by atoms with E-state index in [0.717, 1.165) is 12.1 Å². The van der Waals surface area contributed by atoms with Gasteiger partial charge in [0.1, 0.15) is 0 Å². The molecule has 0 radical (unpaired) electrons. The number of H-pyrrole nitrogens is 2. The van der Waals surface area contributed by atoms with Gasteiger partial charge < -0.3 is 9.97 Å². The number of ketones is 1. The van der Waals surface area contributed by atoms with Crippen LogP contribution >= 0.6 is 0 Å². The summed E-state index contributed by atoms with van der Waals surface area (Å²) in [5, 5.41) is 8.97. The van der Waals surface area contributed by atoms with Crippen LogP contribution in [0.5, 0.6) is 0 Å². The highest BCUT2D eigenvalue weighted by Crippen LogP contribution is 2.33. The van der Waals surface area contributed by atoms with E-state index in [1.165, 1.54) is 24.4 Å². The Morgan fingerprint density at radius 2 is 1.89 bits per heavy atom. The van der Waals surface area contributed by atoms with Crippen molar-refractivity contribution >= 4 is 16.8 Å². The lowest BCUT2D eigenvalue weighted by Gasteiger charge is -2.10. The number of aromatic amines is 2. The van der Waals surface area contributed by atoms with Gasteiger partial charge in [0.2, 0.25) is 0 Å². The molecule has 2 aromatic carbocycles. The van der Waals surface area contributed by atoms with Crippen LogP contribution in [0, 0.1) is 11.3 Å². The van der Waals surface area contributed by atoms with Crippen molar-refractivity contribution in [1.29, 1.82) is 5.26 Å². The van der Waals surface area contributed by atoms with Crippen LogP contribution in [0.1, 0.15) is 27.0 Å². The van der Waals surface area contributed by atoms with E-state index in [4.69, 9.17) is 5.26 Å². The maximum Gasteiger partial charge on any atom is 0.417 e. The molecule has 0 bridgehead atoms. The molecule has 0 aliphatic carbocycles. The van der Waals surface area contributed by atoms with E-state index >= 15 is 0 Å². The van der Waals surface area contributed by atoms with Crippen molar-refractivity contribution in [3.8, 4) is 17.6 Å². The van der Waals surface area contributed by atoms with E-state index in [9.17, 15) is 18.0 Å². The molecule has 2 aromatic heterocycles. The Hall–Kier alpha value is -3.86. The molecule has 0 saturated heterocycles. The summed E-state index contributed by atoms with van der Waals surface area (Å²) in [5.41, 5.74) is 0.874. The van der Waals surface area contributed by atoms with Crippen LogP contribution < -0.4 is 0 Å². The lowest BCUT2D eigenvalue weighted by Crippen LogP contribution is -2.13. The molecule has 2 N–H and O–H groups in total. The third kappa shape index (κ3) is 3.03. The summed E-state index contributed by atoms with van der Waals surface area (Å²) in [5.74, 6) is -0.327. The molecule has 8 heteroatoms. The van der Waals surface area contributed by atoms with Gasteiger partial charge in [-0.25, -0.2) is 4.98 Å². The molecule has 0 saturated carbocycles. The predicted octanol–water partition coefficient (Wildman–Crippen LogP) is 4.68. The van der Waals surface area contributed by atoms with Crippen molar-refractivity contribution in [3.63, 3.8) is 0 Å². The van der Waals surface area contributed by atoms with Crippen LogP contribution in [0.15, 0.2) is 54.7 Å². The number of nitrogens with zero attached hydrogens (tertiary/aromatic N) is 2. The molecule has 0 amide bonds. The number of rotatable bonds is 3. The number of alkyl halides is 3. The number of benzene rings is 2. The van der Waals surface area contributed by atoms with Gasteiger partial charge >= 0.3 is 6.18 Å². The normalized spacial score (nSPS) is 11.5. The number of hydrogen-bond donors (Lipinski definition) is 2. The summed E-state index contributed by atoms with van der Waals surface area (Å²) in [6.07, 6.45) is -3.28. The number of aromatic nitrogens is 3. The predicted molar refractivity (Wildman–Crippen MR) is 95.5 cm³/mol. The maximum atomic E-state index is 13.2. The van der Waals surface area contributed by atoms with Gasteiger partial charge in [-0.1, -0.05) is 18.2 Å². The van der Waals surface area contributed by atoms with Gasteiger partial charge in [-0.2, -0.15) is 18.4 Å². The average Bonchev–Trinajstić information content (AvgIpc) is 3.33. The fourth-order valence-corrected chi connectivity index (χ4v) is 2.95. The van der Waals surface area contributed by atoms with Crippen molar-refractivity contribution < 1.29 is 18.0 Å². The first-order valence-electron chi connectivity index (χ1n) is 8.16. The van der Waals surface area contributed by atoms with Crippen molar-refractivity contribution in [2.24, 2.45) is 0 Å². The lowest BCUT2D eigenvalue weighted by atomic mass is 9.99. The second-order valence-electron chi connectivity index (χ2n) is 6.10. The first kappa shape index (κ1) is 17.5. The van der Waals surface area contributed by atoms with E-state index in [-0.39, 0.29) is 5.56 Å². The van der Waals surface area contributed by atoms with Gasteiger partial charge in [0.25, 0.3) is 0 Å².